The number of carboxylic acid groups (broad SMARTS) is 1. The van der Waals surface area contributed by atoms with Crippen LogP contribution in [-0.4, -0.2) is 51.8 Å². The van der Waals surface area contributed by atoms with E-state index in [1.54, 1.807) is 0 Å². The third-order valence-electron chi connectivity index (χ3n) is 5.54. The van der Waals surface area contributed by atoms with Gasteiger partial charge in [0.2, 0.25) is 0 Å². The molecule has 0 aromatic heterocycles. The number of rotatable bonds is 9. The number of fused-ring (bicyclic) bond motifs is 1. The molecule has 0 bridgehead atoms. The minimum Gasteiger partial charge on any atom is -0.480 e. The number of unbranched alkanes of at least 4 members (excludes halogenated alkanes) is 1. The fraction of sp³-hybridized carbons (Fsp3) is 0.632. The average molecular weight is 362 g/mol. The fourth-order valence-electron chi connectivity index (χ4n) is 3.57. The Balaban J connectivity index is 1.90. The first kappa shape index (κ1) is 20.9. The molecule has 6 nitrogen and oxygen atoms in total. The molecule has 1 heterocycles. The van der Waals surface area contributed by atoms with Gasteiger partial charge in [-0.1, -0.05) is 25.0 Å². The molecular weight excluding hydrogens is 331 g/mol. The zero-order chi connectivity index (χ0) is 19.3. The van der Waals surface area contributed by atoms with Crippen molar-refractivity contribution >= 4 is 13.1 Å². The molecule has 0 fully saturated rings. The van der Waals surface area contributed by atoms with Crippen LogP contribution in [0.5, 0.6) is 0 Å². The van der Waals surface area contributed by atoms with Crippen LogP contribution in [0.2, 0.25) is 6.32 Å². The molecule has 1 atom stereocenters. The standard InChI is InChI=1S/C19H31BN2O4/c1-14-11-16-5-9-22(13-17(16)12-15(14)2)10-7-19(21,18(23)24)6-3-4-8-20(25)26/h11-12,25-26H,3-10,13,21H2,1-2H3,(H,23,24). The normalized spacial score (nSPS) is 16.8. The van der Waals surface area contributed by atoms with Crippen LogP contribution in [0.1, 0.15) is 47.9 Å². The third-order valence-corrected chi connectivity index (χ3v) is 5.54. The predicted octanol–water partition coefficient (Wildman–Crippen LogP) is 1.48. The van der Waals surface area contributed by atoms with Crippen LogP contribution < -0.4 is 5.73 Å². The van der Waals surface area contributed by atoms with Gasteiger partial charge in [-0.3, -0.25) is 9.69 Å². The molecule has 1 unspecified atom stereocenters. The van der Waals surface area contributed by atoms with Crippen molar-refractivity contribution in [3.63, 3.8) is 0 Å². The Morgan fingerprint density at radius 1 is 1.19 bits per heavy atom. The number of aryl methyl sites for hydroxylation is 2. The highest BCUT2D eigenvalue weighted by molar-refractivity contribution is 6.40. The lowest BCUT2D eigenvalue weighted by atomic mass is 9.81. The van der Waals surface area contributed by atoms with E-state index >= 15 is 0 Å². The Morgan fingerprint density at radius 3 is 2.46 bits per heavy atom. The Morgan fingerprint density at radius 2 is 1.85 bits per heavy atom. The Hall–Kier alpha value is -1.41. The molecular formula is C19H31BN2O4. The molecule has 0 spiro atoms. The van der Waals surface area contributed by atoms with Crippen molar-refractivity contribution in [2.45, 2.75) is 64.4 Å². The predicted molar refractivity (Wildman–Crippen MR) is 103 cm³/mol. The molecule has 2 rings (SSSR count). The number of nitrogens with zero attached hydrogens (tertiary/aromatic N) is 1. The van der Waals surface area contributed by atoms with Gasteiger partial charge in [-0.05, 0) is 61.7 Å². The molecule has 5 N–H and O–H groups in total. The first-order chi connectivity index (χ1) is 12.2. The van der Waals surface area contributed by atoms with Crippen LogP contribution in [0.25, 0.3) is 0 Å². The van der Waals surface area contributed by atoms with Gasteiger partial charge in [0, 0.05) is 19.6 Å². The van der Waals surface area contributed by atoms with E-state index in [2.05, 4.69) is 30.9 Å². The molecule has 1 aromatic carbocycles. The maximum absolute atomic E-state index is 11.7. The monoisotopic (exact) mass is 362 g/mol. The smallest absolute Gasteiger partial charge is 0.451 e. The highest BCUT2D eigenvalue weighted by atomic mass is 16.4. The summed E-state index contributed by atoms with van der Waals surface area (Å²) in [7, 11) is -1.34. The largest absolute Gasteiger partial charge is 0.480 e. The molecule has 7 heteroatoms. The lowest BCUT2D eigenvalue weighted by Gasteiger charge is -2.32. The van der Waals surface area contributed by atoms with E-state index in [0.29, 0.717) is 32.2 Å². The Labute approximate surface area is 156 Å². The van der Waals surface area contributed by atoms with Gasteiger partial charge in [-0.25, -0.2) is 0 Å². The summed E-state index contributed by atoms with van der Waals surface area (Å²) >= 11 is 0. The van der Waals surface area contributed by atoms with E-state index in [0.717, 1.165) is 19.5 Å². The van der Waals surface area contributed by atoms with Crippen molar-refractivity contribution in [2.24, 2.45) is 5.73 Å². The van der Waals surface area contributed by atoms with Crippen LogP contribution in [0.15, 0.2) is 12.1 Å². The molecule has 1 aromatic rings. The van der Waals surface area contributed by atoms with E-state index in [1.165, 1.54) is 22.3 Å². The second-order valence-electron chi connectivity index (χ2n) is 7.67. The van der Waals surface area contributed by atoms with E-state index in [4.69, 9.17) is 15.8 Å². The number of hydrogen-bond donors (Lipinski definition) is 4. The summed E-state index contributed by atoms with van der Waals surface area (Å²) in [6.07, 6.45) is 3.09. The number of carboxylic acids is 1. The summed E-state index contributed by atoms with van der Waals surface area (Å²) in [6.45, 7) is 6.66. The lowest BCUT2D eigenvalue weighted by molar-refractivity contribution is -0.144. The summed E-state index contributed by atoms with van der Waals surface area (Å²) < 4.78 is 0. The number of carbonyl (C=O) groups is 1. The number of aliphatic carboxylic acids is 1. The minimum atomic E-state index is -1.34. The molecule has 0 radical (unpaired) electrons. The maximum Gasteiger partial charge on any atom is 0.451 e. The second-order valence-corrected chi connectivity index (χ2v) is 7.67. The molecule has 144 valence electrons. The SMILES string of the molecule is Cc1cc2c(cc1C)CN(CCC(N)(CCCCB(O)O)C(=O)O)CC2. The van der Waals surface area contributed by atoms with Gasteiger partial charge in [0.05, 0.1) is 0 Å². The molecule has 0 amide bonds. The Kier molecular flexibility index (Phi) is 7.23. The lowest BCUT2D eigenvalue weighted by Crippen LogP contribution is -2.50. The van der Waals surface area contributed by atoms with Crippen molar-refractivity contribution in [2.75, 3.05) is 13.1 Å². The quantitative estimate of drug-likeness (QED) is 0.392. The number of nitrogens with two attached hydrogens (primary N) is 1. The van der Waals surface area contributed by atoms with Crippen LogP contribution in [0.4, 0.5) is 0 Å². The van der Waals surface area contributed by atoms with Crippen LogP contribution in [0.3, 0.4) is 0 Å². The zero-order valence-corrected chi connectivity index (χ0v) is 15.9. The van der Waals surface area contributed by atoms with Crippen LogP contribution >= 0.6 is 0 Å². The topological polar surface area (TPSA) is 107 Å². The van der Waals surface area contributed by atoms with Crippen molar-refractivity contribution < 1.29 is 19.9 Å². The van der Waals surface area contributed by atoms with Gasteiger partial charge in [0.25, 0.3) is 0 Å². The summed E-state index contributed by atoms with van der Waals surface area (Å²) in [5, 5.41) is 27.3. The molecule has 1 aliphatic rings. The van der Waals surface area contributed by atoms with Crippen molar-refractivity contribution in [1.29, 1.82) is 0 Å². The first-order valence-electron chi connectivity index (χ1n) is 9.41. The third kappa shape index (κ3) is 5.54. The number of benzene rings is 1. The van der Waals surface area contributed by atoms with E-state index in [1.807, 2.05) is 0 Å². The molecule has 26 heavy (non-hydrogen) atoms. The average Bonchev–Trinajstić information content (AvgIpc) is 2.57. The number of hydrogen-bond acceptors (Lipinski definition) is 5. The first-order valence-corrected chi connectivity index (χ1v) is 9.41. The zero-order valence-electron chi connectivity index (χ0n) is 15.9. The van der Waals surface area contributed by atoms with Crippen molar-refractivity contribution in [1.82, 2.24) is 4.90 Å². The summed E-state index contributed by atoms with van der Waals surface area (Å²) in [6, 6.07) is 4.51. The Bertz CT molecular complexity index is 638. The van der Waals surface area contributed by atoms with Gasteiger partial charge in [0.15, 0.2) is 0 Å². The van der Waals surface area contributed by atoms with E-state index in [9.17, 15) is 9.90 Å². The van der Waals surface area contributed by atoms with Crippen molar-refractivity contribution in [3.05, 3.63) is 34.4 Å². The summed E-state index contributed by atoms with van der Waals surface area (Å²) in [5.74, 6) is -0.981. The fourth-order valence-corrected chi connectivity index (χ4v) is 3.57. The van der Waals surface area contributed by atoms with Crippen molar-refractivity contribution in [3.8, 4) is 0 Å². The summed E-state index contributed by atoms with van der Waals surface area (Å²) in [4.78, 5) is 13.9. The maximum atomic E-state index is 11.7. The summed E-state index contributed by atoms with van der Waals surface area (Å²) in [5.41, 5.74) is 10.2. The second kappa shape index (κ2) is 8.99. The highest BCUT2D eigenvalue weighted by Crippen LogP contribution is 2.24. The van der Waals surface area contributed by atoms with Gasteiger partial charge in [-0.2, -0.15) is 0 Å². The highest BCUT2D eigenvalue weighted by Gasteiger charge is 2.34. The van der Waals surface area contributed by atoms with Crippen LogP contribution in [0, 0.1) is 13.8 Å². The van der Waals surface area contributed by atoms with Gasteiger partial charge in [-0.15, -0.1) is 0 Å². The van der Waals surface area contributed by atoms with Gasteiger partial charge in [0.1, 0.15) is 5.54 Å². The minimum absolute atomic E-state index is 0.247. The van der Waals surface area contributed by atoms with Gasteiger partial charge >= 0.3 is 13.1 Å². The molecule has 0 saturated carbocycles. The van der Waals surface area contributed by atoms with E-state index < -0.39 is 18.6 Å². The van der Waals surface area contributed by atoms with Crippen LogP contribution in [-0.2, 0) is 17.8 Å². The molecule has 1 aliphatic heterocycles. The van der Waals surface area contributed by atoms with Gasteiger partial charge < -0.3 is 20.9 Å². The van der Waals surface area contributed by atoms with E-state index in [-0.39, 0.29) is 6.32 Å². The molecule has 0 saturated heterocycles. The molecule has 0 aliphatic carbocycles.